The summed E-state index contributed by atoms with van der Waals surface area (Å²) in [5, 5.41) is 72.3. The van der Waals surface area contributed by atoms with E-state index in [1.54, 1.807) is 0 Å². The van der Waals surface area contributed by atoms with E-state index in [4.69, 9.17) is 28.4 Å². The van der Waals surface area contributed by atoms with Crippen molar-refractivity contribution in [3.63, 3.8) is 0 Å². The molecule has 0 bridgehead atoms. The van der Waals surface area contributed by atoms with Gasteiger partial charge in [-0.15, -0.1) is 0 Å². The molecule has 0 aromatic rings. The number of carbonyl (C=O) groups is 1. The average Bonchev–Trinajstić information content (AvgIpc) is 3.38. The fourth-order valence-electron chi connectivity index (χ4n) is 9.18. The topological polar surface area (TPSA) is 214 Å². The molecule has 0 radical (unpaired) electrons. The first-order valence-corrected chi connectivity index (χ1v) is 29.1. The molecule has 2 aliphatic rings. The first kappa shape index (κ1) is 66.3. The van der Waals surface area contributed by atoms with Crippen molar-refractivity contribution in [2.75, 3.05) is 33.0 Å². The van der Waals surface area contributed by atoms with Crippen LogP contribution >= 0.6 is 0 Å². The van der Waals surface area contributed by atoms with E-state index < -0.39 is 80.7 Å². The lowest BCUT2D eigenvalue weighted by atomic mass is 9.98. The minimum absolute atomic E-state index is 0.0631. The van der Waals surface area contributed by atoms with Gasteiger partial charge in [0.1, 0.15) is 54.9 Å². The van der Waals surface area contributed by atoms with Crippen molar-refractivity contribution < 1.29 is 69.0 Å². The molecule has 72 heavy (non-hydrogen) atoms. The second kappa shape index (κ2) is 45.4. The molecule has 0 aromatic heterocycles. The maximum absolute atomic E-state index is 13.1. The molecule has 7 N–H and O–H groups in total. The second-order valence-electron chi connectivity index (χ2n) is 20.5. The van der Waals surface area contributed by atoms with Gasteiger partial charge in [0.15, 0.2) is 12.6 Å². The summed E-state index contributed by atoms with van der Waals surface area (Å²) >= 11 is 0. The van der Waals surface area contributed by atoms with E-state index in [0.29, 0.717) is 13.0 Å². The summed E-state index contributed by atoms with van der Waals surface area (Å²) in [6, 6.07) is 0. The van der Waals surface area contributed by atoms with Gasteiger partial charge < -0.3 is 64.2 Å². The monoisotopic (exact) mass is 1030 g/mol. The van der Waals surface area contributed by atoms with Crippen LogP contribution in [0.1, 0.15) is 226 Å². The summed E-state index contributed by atoms with van der Waals surface area (Å²) in [5.74, 6) is -0.377. The summed E-state index contributed by atoms with van der Waals surface area (Å²) in [6.07, 6.45) is 36.3. The Balaban J connectivity index is 1.69. The van der Waals surface area contributed by atoms with E-state index in [-0.39, 0.29) is 25.6 Å². The summed E-state index contributed by atoms with van der Waals surface area (Å²) in [7, 11) is 0. The number of aliphatic hydroxyl groups is 7. The number of aliphatic hydroxyl groups excluding tert-OH is 7. The van der Waals surface area contributed by atoms with Gasteiger partial charge >= 0.3 is 5.97 Å². The number of esters is 1. The molecule has 2 fully saturated rings. The highest BCUT2D eigenvalue weighted by molar-refractivity contribution is 5.69. The minimum atomic E-state index is -1.71. The van der Waals surface area contributed by atoms with Crippen molar-refractivity contribution in [3.05, 3.63) is 36.5 Å². The summed E-state index contributed by atoms with van der Waals surface area (Å²) < 4.78 is 34.4. The molecule has 422 valence electrons. The zero-order chi connectivity index (χ0) is 52.3. The smallest absolute Gasteiger partial charge is 0.306 e. The Morgan fingerprint density at radius 1 is 0.458 bits per heavy atom. The van der Waals surface area contributed by atoms with E-state index in [2.05, 4.69) is 50.3 Å². The number of hydrogen-bond donors (Lipinski definition) is 7. The van der Waals surface area contributed by atoms with Gasteiger partial charge in [-0.3, -0.25) is 4.79 Å². The Kier molecular flexibility index (Phi) is 41.8. The first-order chi connectivity index (χ1) is 35.1. The third kappa shape index (κ3) is 31.9. The third-order valence-corrected chi connectivity index (χ3v) is 13.9. The number of ether oxygens (including phenoxy) is 6. The molecule has 11 unspecified atom stereocenters. The fraction of sp³-hybridized carbons (Fsp3) is 0.879. The van der Waals surface area contributed by atoms with Gasteiger partial charge in [0.05, 0.1) is 26.4 Å². The molecule has 14 heteroatoms. The van der Waals surface area contributed by atoms with Crippen molar-refractivity contribution in [3.8, 4) is 0 Å². The quantitative estimate of drug-likeness (QED) is 0.0172. The SMILES string of the molecule is CCCCCCC/C=C\C/C=C\C/C=C\CCCCCCCCCCCCC(=O)OC(COCCCCCCCCCCCCCCC)COC1OC(COC2OC(CO)C(O)C(O)C2O)C(O)C(O)C1O. The number of rotatable bonds is 47. The molecule has 2 rings (SSSR count). The van der Waals surface area contributed by atoms with Crippen molar-refractivity contribution in [2.24, 2.45) is 0 Å². The Morgan fingerprint density at radius 3 is 1.35 bits per heavy atom. The Morgan fingerprint density at radius 2 is 0.861 bits per heavy atom. The standard InChI is InChI=1S/C58H106O14/c1-3-5-7-9-11-13-15-17-18-19-20-21-22-23-24-25-26-27-28-29-31-33-35-37-39-41-50(60)70-47(44-67-42-40-38-36-34-32-30-16-14-12-10-8-6-4-2)45-68-57-56(66)54(64)52(62)49(72-57)46-69-58-55(65)53(63)51(61)48(43-59)71-58/h15,17,19-20,22-23,47-49,51-59,61-66H,3-14,16,18,21,24-46H2,1-2H3/b17-15-,20-19-,23-22-. The van der Waals surface area contributed by atoms with Gasteiger partial charge in [0, 0.05) is 13.0 Å². The summed E-state index contributed by atoms with van der Waals surface area (Å²) in [4.78, 5) is 13.1. The minimum Gasteiger partial charge on any atom is -0.457 e. The molecule has 2 aliphatic heterocycles. The molecule has 0 spiro atoms. The van der Waals surface area contributed by atoms with E-state index in [9.17, 15) is 40.5 Å². The van der Waals surface area contributed by atoms with Crippen LogP contribution in [0, 0.1) is 0 Å². The van der Waals surface area contributed by atoms with Gasteiger partial charge in [-0.2, -0.15) is 0 Å². The molecule has 0 saturated carbocycles. The van der Waals surface area contributed by atoms with Crippen LogP contribution in [0.25, 0.3) is 0 Å². The lowest BCUT2D eigenvalue weighted by molar-refractivity contribution is -0.332. The number of hydrogen-bond acceptors (Lipinski definition) is 14. The second-order valence-corrected chi connectivity index (χ2v) is 20.5. The predicted molar refractivity (Wildman–Crippen MR) is 284 cm³/mol. The van der Waals surface area contributed by atoms with Crippen LogP contribution in [0.3, 0.4) is 0 Å². The molecule has 11 atom stereocenters. The summed E-state index contributed by atoms with van der Waals surface area (Å²) in [6.45, 7) is 3.70. The number of unbranched alkanes of at least 4 members (excludes halogenated alkanes) is 27. The third-order valence-electron chi connectivity index (χ3n) is 13.9. The molecule has 2 heterocycles. The van der Waals surface area contributed by atoms with Gasteiger partial charge in [-0.05, 0) is 51.4 Å². The van der Waals surface area contributed by atoms with E-state index in [1.165, 1.54) is 141 Å². The number of allylic oxidation sites excluding steroid dienone is 6. The van der Waals surface area contributed by atoms with Crippen LogP contribution in [-0.4, -0.2) is 142 Å². The number of carbonyl (C=O) groups excluding carboxylic acids is 1. The Labute approximate surface area is 436 Å². The molecular weight excluding hydrogens is 921 g/mol. The molecule has 14 nitrogen and oxygen atoms in total. The van der Waals surface area contributed by atoms with Crippen LogP contribution in [0.4, 0.5) is 0 Å². The van der Waals surface area contributed by atoms with Gasteiger partial charge in [-0.25, -0.2) is 0 Å². The van der Waals surface area contributed by atoms with Crippen molar-refractivity contribution in [1.82, 2.24) is 0 Å². The van der Waals surface area contributed by atoms with Crippen LogP contribution in [0.15, 0.2) is 36.5 Å². The normalized spacial score (nSPS) is 25.3. The van der Waals surface area contributed by atoms with Crippen LogP contribution in [-0.2, 0) is 33.2 Å². The highest BCUT2D eigenvalue weighted by atomic mass is 16.7. The summed E-state index contributed by atoms with van der Waals surface area (Å²) in [5.41, 5.74) is 0. The van der Waals surface area contributed by atoms with Crippen LogP contribution in [0.2, 0.25) is 0 Å². The lowest BCUT2D eigenvalue weighted by Gasteiger charge is -2.42. The van der Waals surface area contributed by atoms with Crippen molar-refractivity contribution in [2.45, 2.75) is 293 Å². The largest absolute Gasteiger partial charge is 0.457 e. The first-order valence-electron chi connectivity index (χ1n) is 29.1. The highest BCUT2D eigenvalue weighted by Crippen LogP contribution is 2.27. The van der Waals surface area contributed by atoms with Crippen molar-refractivity contribution in [1.29, 1.82) is 0 Å². The zero-order valence-electron chi connectivity index (χ0n) is 45.2. The van der Waals surface area contributed by atoms with Gasteiger partial charge in [0.25, 0.3) is 0 Å². The molecule has 0 aromatic carbocycles. The maximum atomic E-state index is 13.1. The maximum Gasteiger partial charge on any atom is 0.306 e. The van der Waals surface area contributed by atoms with Crippen LogP contribution in [0.5, 0.6) is 0 Å². The zero-order valence-corrected chi connectivity index (χ0v) is 45.2. The van der Waals surface area contributed by atoms with E-state index in [0.717, 1.165) is 57.8 Å². The van der Waals surface area contributed by atoms with Gasteiger partial charge in [-0.1, -0.05) is 204 Å². The average molecular weight is 1030 g/mol. The molecular formula is C58H106O14. The molecule has 0 aliphatic carbocycles. The molecule has 2 saturated heterocycles. The highest BCUT2D eigenvalue weighted by Gasteiger charge is 2.47. The van der Waals surface area contributed by atoms with E-state index >= 15 is 0 Å². The fourth-order valence-corrected chi connectivity index (χ4v) is 9.18. The lowest BCUT2D eigenvalue weighted by Crippen LogP contribution is -2.61. The predicted octanol–water partition coefficient (Wildman–Crippen LogP) is 10.1. The molecule has 0 amide bonds. The van der Waals surface area contributed by atoms with Crippen LogP contribution < -0.4 is 0 Å². The Hall–Kier alpha value is -1.79. The van der Waals surface area contributed by atoms with Gasteiger partial charge in [0.2, 0.25) is 0 Å². The van der Waals surface area contributed by atoms with Crippen molar-refractivity contribution >= 4 is 5.97 Å². The van der Waals surface area contributed by atoms with E-state index in [1.807, 2.05) is 0 Å². The Bertz CT molecular complexity index is 1330.